The average molecular weight is 477 g/mol. The highest BCUT2D eigenvalue weighted by molar-refractivity contribution is 7.55. The number of allylic oxidation sites excluding steroid dienone is 1. The second-order valence-corrected chi connectivity index (χ2v) is 10.7. The minimum absolute atomic E-state index is 0.0564. The van der Waals surface area contributed by atoms with Crippen LogP contribution in [0.3, 0.4) is 0 Å². The van der Waals surface area contributed by atoms with Crippen LogP contribution in [0.2, 0.25) is 0 Å². The summed E-state index contributed by atoms with van der Waals surface area (Å²) in [6.45, 7) is 7.88. The molecular formula is C26H53O5P. The molecule has 0 spiro atoms. The lowest BCUT2D eigenvalue weighted by Gasteiger charge is -2.24. The fourth-order valence-electron chi connectivity index (χ4n) is 3.77. The maximum absolute atomic E-state index is 11.0. The van der Waals surface area contributed by atoms with Gasteiger partial charge in [0.25, 0.3) is 0 Å². The van der Waals surface area contributed by atoms with Gasteiger partial charge in [0.15, 0.2) is 6.29 Å². The molecule has 0 heterocycles. The van der Waals surface area contributed by atoms with E-state index in [2.05, 4.69) is 13.8 Å². The third kappa shape index (κ3) is 23.0. The van der Waals surface area contributed by atoms with Gasteiger partial charge in [0, 0.05) is 24.9 Å². The van der Waals surface area contributed by atoms with Gasteiger partial charge in [0.05, 0.1) is 0 Å². The van der Waals surface area contributed by atoms with Crippen LogP contribution in [0.4, 0.5) is 0 Å². The van der Waals surface area contributed by atoms with Crippen LogP contribution in [0.15, 0.2) is 11.9 Å². The highest BCUT2D eigenvalue weighted by Crippen LogP contribution is 2.36. The molecule has 6 heteroatoms. The summed E-state index contributed by atoms with van der Waals surface area (Å²) in [7, 11) is -4.10. The molecule has 0 aliphatic rings. The molecule has 0 saturated carbocycles. The summed E-state index contributed by atoms with van der Waals surface area (Å²) in [6, 6.07) is 0. The summed E-state index contributed by atoms with van der Waals surface area (Å²) >= 11 is 0. The Morgan fingerprint density at radius 3 is 1.44 bits per heavy atom. The quantitative estimate of drug-likeness (QED) is 0.0831. The monoisotopic (exact) mass is 476 g/mol. The third-order valence-electron chi connectivity index (χ3n) is 5.83. The molecule has 0 saturated heterocycles. The van der Waals surface area contributed by atoms with Crippen molar-refractivity contribution in [2.75, 3.05) is 13.2 Å². The van der Waals surface area contributed by atoms with Crippen molar-refractivity contribution in [2.24, 2.45) is 5.92 Å². The smallest absolute Gasteiger partial charge is 0.348 e. The number of hydrogen-bond acceptors (Lipinski definition) is 3. The fraction of sp³-hybridized carbons (Fsp3) is 0.923. The molecule has 5 nitrogen and oxygen atoms in total. The first kappa shape index (κ1) is 31.8. The lowest BCUT2D eigenvalue weighted by molar-refractivity contribution is -0.169. The standard InChI is InChI=1S/C26H53O5P/c1-4-6-8-10-12-14-16-18-22-30-26(25(3)21-20-24-32(27,28)29)31-23-19-17-15-13-11-9-7-5-2/h20,24-26H,4-19,21-23H2,1-3H3,(H2,27,28,29). The Morgan fingerprint density at radius 2 is 1.06 bits per heavy atom. The van der Waals surface area contributed by atoms with Crippen molar-refractivity contribution in [3.05, 3.63) is 11.9 Å². The lowest BCUT2D eigenvalue weighted by Crippen LogP contribution is -2.26. The molecule has 0 amide bonds. The van der Waals surface area contributed by atoms with Crippen LogP contribution in [0, 0.1) is 5.92 Å². The Morgan fingerprint density at radius 1 is 0.688 bits per heavy atom. The molecule has 0 aromatic heterocycles. The molecule has 0 rings (SSSR count). The molecule has 0 bridgehead atoms. The predicted molar refractivity (Wildman–Crippen MR) is 136 cm³/mol. The van der Waals surface area contributed by atoms with Gasteiger partial charge in [0.1, 0.15) is 0 Å². The zero-order valence-corrected chi connectivity index (χ0v) is 22.2. The van der Waals surface area contributed by atoms with Gasteiger partial charge in [-0.15, -0.1) is 0 Å². The summed E-state index contributed by atoms with van der Waals surface area (Å²) in [6.07, 6.45) is 22.0. The van der Waals surface area contributed by atoms with E-state index in [1.165, 1.54) is 89.9 Å². The van der Waals surface area contributed by atoms with E-state index in [1.54, 1.807) is 6.08 Å². The second kappa shape index (κ2) is 22.6. The molecule has 0 fully saturated rings. The predicted octanol–water partition coefficient (Wildman–Crippen LogP) is 8.34. The van der Waals surface area contributed by atoms with Gasteiger partial charge in [-0.2, -0.15) is 0 Å². The van der Waals surface area contributed by atoms with Crippen molar-refractivity contribution in [1.82, 2.24) is 0 Å². The SMILES string of the molecule is CCCCCCCCCCOC(OCCCCCCCCCC)C(C)CC=CP(=O)(O)O. The zero-order chi connectivity index (χ0) is 23.9. The van der Waals surface area contributed by atoms with Crippen LogP contribution in [0.1, 0.15) is 130 Å². The number of rotatable bonds is 24. The highest BCUT2D eigenvalue weighted by atomic mass is 31.2. The first-order chi connectivity index (χ1) is 15.4. The van der Waals surface area contributed by atoms with Gasteiger partial charge >= 0.3 is 7.60 Å². The summed E-state index contributed by atoms with van der Waals surface area (Å²) in [5.74, 6) is 1.04. The maximum Gasteiger partial charge on any atom is 0.348 e. The first-order valence-corrected chi connectivity index (χ1v) is 15.0. The van der Waals surface area contributed by atoms with Gasteiger partial charge in [-0.3, -0.25) is 4.57 Å². The molecule has 32 heavy (non-hydrogen) atoms. The van der Waals surface area contributed by atoms with Gasteiger partial charge in [-0.05, 0) is 19.3 Å². The zero-order valence-electron chi connectivity index (χ0n) is 21.3. The van der Waals surface area contributed by atoms with Gasteiger partial charge in [-0.25, -0.2) is 0 Å². The fourth-order valence-corrected chi connectivity index (χ4v) is 4.17. The Labute approximate surface area is 198 Å². The average Bonchev–Trinajstić information content (AvgIpc) is 2.74. The molecule has 0 aromatic rings. The third-order valence-corrected chi connectivity index (χ3v) is 6.43. The van der Waals surface area contributed by atoms with Crippen LogP contribution in [0.25, 0.3) is 0 Å². The summed E-state index contributed by atoms with van der Waals surface area (Å²) in [5, 5.41) is 0. The number of unbranched alkanes of at least 4 members (excludes halogenated alkanes) is 14. The van der Waals surface area contributed by atoms with Gasteiger partial charge in [0.2, 0.25) is 0 Å². The topological polar surface area (TPSA) is 76.0 Å². The highest BCUT2D eigenvalue weighted by Gasteiger charge is 2.18. The van der Waals surface area contributed by atoms with Crippen LogP contribution in [-0.2, 0) is 14.0 Å². The van der Waals surface area contributed by atoms with Crippen LogP contribution in [0.5, 0.6) is 0 Å². The Kier molecular flexibility index (Phi) is 22.5. The minimum atomic E-state index is -4.10. The van der Waals surface area contributed by atoms with Crippen molar-refractivity contribution in [1.29, 1.82) is 0 Å². The maximum atomic E-state index is 11.0. The molecule has 1 atom stereocenters. The van der Waals surface area contributed by atoms with E-state index in [-0.39, 0.29) is 12.2 Å². The van der Waals surface area contributed by atoms with Gasteiger partial charge < -0.3 is 19.3 Å². The first-order valence-electron chi connectivity index (χ1n) is 13.4. The summed E-state index contributed by atoms with van der Waals surface area (Å²) in [4.78, 5) is 18.0. The number of ether oxygens (including phenoxy) is 2. The van der Waals surface area contributed by atoms with Crippen molar-refractivity contribution < 1.29 is 23.8 Å². The molecule has 0 aromatic carbocycles. The normalized spacial score (nSPS) is 13.4. The van der Waals surface area contributed by atoms with E-state index in [9.17, 15) is 4.57 Å². The van der Waals surface area contributed by atoms with Crippen molar-refractivity contribution >= 4 is 7.60 Å². The van der Waals surface area contributed by atoms with Crippen molar-refractivity contribution in [2.45, 2.75) is 136 Å². The van der Waals surface area contributed by atoms with E-state index >= 15 is 0 Å². The molecule has 192 valence electrons. The van der Waals surface area contributed by atoms with E-state index < -0.39 is 7.60 Å². The molecule has 0 radical (unpaired) electrons. The van der Waals surface area contributed by atoms with Crippen LogP contribution >= 0.6 is 7.60 Å². The minimum Gasteiger partial charge on any atom is -0.352 e. The number of hydrogen-bond donors (Lipinski definition) is 2. The molecule has 2 N–H and O–H groups in total. The van der Waals surface area contributed by atoms with E-state index in [4.69, 9.17) is 19.3 Å². The largest absolute Gasteiger partial charge is 0.352 e. The summed E-state index contributed by atoms with van der Waals surface area (Å²) < 4.78 is 23.1. The molecule has 0 aliphatic heterocycles. The Hall–Kier alpha value is -0.190. The Balaban J connectivity index is 4.14. The lowest BCUT2D eigenvalue weighted by atomic mass is 10.1. The van der Waals surface area contributed by atoms with Gasteiger partial charge in [-0.1, -0.05) is 117 Å². The van der Waals surface area contributed by atoms with E-state index in [1.807, 2.05) is 6.92 Å². The van der Waals surface area contributed by atoms with E-state index in [0.29, 0.717) is 19.6 Å². The van der Waals surface area contributed by atoms with Crippen molar-refractivity contribution in [3.63, 3.8) is 0 Å². The van der Waals surface area contributed by atoms with Crippen LogP contribution < -0.4 is 0 Å². The Bertz CT molecular complexity index is 441. The summed E-state index contributed by atoms with van der Waals surface area (Å²) in [5.41, 5.74) is 0. The molecule has 1 unspecified atom stereocenters. The second-order valence-electron chi connectivity index (χ2n) is 9.25. The van der Waals surface area contributed by atoms with Crippen molar-refractivity contribution in [3.8, 4) is 0 Å². The molecule has 0 aliphatic carbocycles. The molecular weight excluding hydrogens is 423 g/mol. The van der Waals surface area contributed by atoms with Crippen LogP contribution in [-0.4, -0.2) is 29.3 Å². The van der Waals surface area contributed by atoms with E-state index in [0.717, 1.165) is 18.7 Å².